The van der Waals surface area contributed by atoms with Crippen molar-refractivity contribution in [3.8, 4) is 22.9 Å². The molecule has 2 N–H and O–H groups in total. The first-order chi connectivity index (χ1) is 16.2. The molecular formula is C22H19ClF2N4O4S. The lowest BCUT2D eigenvalue weighted by molar-refractivity contribution is 0.146. The molecule has 0 spiro atoms. The first kappa shape index (κ1) is 23.7. The smallest absolute Gasteiger partial charge is 0.266 e. The SMILES string of the molecule is COc1nc(NS(=O)(=O)c2c[nH]c3c(-c4ccccc4)c(Cl)ccc23)nc(OC)c1CC(F)F. The Morgan fingerprint density at radius 3 is 2.29 bits per heavy atom. The Balaban J connectivity index is 1.77. The number of nitrogens with zero attached hydrogens (tertiary/aromatic N) is 2. The van der Waals surface area contributed by atoms with Crippen LogP contribution in [0.1, 0.15) is 5.56 Å². The number of sulfonamides is 1. The third-order valence-electron chi connectivity index (χ3n) is 5.02. The number of anilines is 1. The Hall–Kier alpha value is -3.44. The van der Waals surface area contributed by atoms with Crippen LogP contribution in [-0.4, -0.2) is 44.0 Å². The summed E-state index contributed by atoms with van der Waals surface area (Å²) in [4.78, 5) is 10.8. The van der Waals surface area contributed by atoms with Gasteiger partial charge in [-0.05, 0) is 17.7 Å². The average molecular weight is 509 g/mol. The molecule has 0 aliphatic rings. The fourth-order valence-electron chi connectivity index (χ4n) is 3.59. The zero-order valence-corrected chi connectivity index (χ0v) is 19.5. The molecule has 34 heavy (non-hydrogen) atoms. The number of hydrogen-bond acceptors (Lipinski definition) is 6. The Bertz CT molecular complexity index is 1420. The second-order valence-corrected chi connectivity index (χ2v) is 9.17. The minimum absolute atomic E-state index is 0.0720. The lowest BCUT2D eigenvalue weighted by Crippen LogP contribution is -2.16. The Labute approximate surface area is 199 Å². The van der Waals surface area contributed by atoms with Gasteiger partial charge in [-0.2, -0.15) is 9.97 Å². The molecule has 0 saturated carbocycles. The third-order valence-corrected chi connectivity index (χ3v) is 6.70. The van der Waals surface area contributed by atoms with Crippen LogP contribution in [0.5, 0.6) is 11.8 Å². The van der Waals surface area contributed by atoms with Gasteiger partial charge in [-0.25, -0.2) is 21.9 Å². The third kappa shape index (κ3) is 4.48. The van der Waals surface area contributed by atoms with Crippen LogP contribution in [0.15, 0.2) is 53.6 Å². The average Bonchev–Trinajstić information content (AvgIpc) is 3.24. The van der Waals surface area contributed by atoms with E-state index in [4.69, 9.17) is 21.1 Å². The summed E-state index contributed by atoms with van der Waals surface area (Å²) in [6, 6.07) is 12.5. The molecule has 4 rings (SSSR count). The summed E-state index contributed by atoms with van der Waals surface area (Å²) in [7, 11) is -1.75. The van der Waals surface area contributed by atoms with Crippen LogP contribution in [0.25, 0.3) is 22.0 Å². The molecular weight excluding hydrogens is 490 g/mol. The molecule has 0 aliphatic carbocycles. The molecule has 0 bridgehead atoms. The molecule has 8 nitrogen and oxygen atoms in total. The lowest BCUT2D eigenvalue weighted by Gasteiger charge is -2.14. The van der Waals surface area contributed by atoms with Gasteiger partial charge in [0.2, 0.25) is 24.1 Å². The fourth-order valence-corrected chi connectivity index (χ4v) is 4.97. The van der Waals surface area contributed by atoms with Crippen LogP contribution in [-0.2, 0) is 16.4 Å². The van der Waals surface area contributed by atoms with Crippen molar-refractivity contribution in [3.63, 3.8) is 0 Å². The Kier molecular flexibility index (Phi) is 6.58. The molecule has 2 aromatic carbocycles. The van der Waals surface area contributed by atoms with E-state index in [1.807, 2.05) is 30.3 Å². The molecule has 0 saturated heterocycles. The van der Waals surface area contributed by atoms with Crippen molar-refractivity contribution in [3.05, 3.63) is 59.2 Å². The van der Waals surface area contributed by atoms with Gasteiger partial charge in [0.15, 0.2) is 0 Å². The number of fused-ring (bicyclic) bond motifs is 1. The zero-order valence-electron chi connectivity index (χ0n) is 18.0. The second kappa shape index (κ2) is 9.43. The highest BCUT2D eigenvalue weighted by Crippen LogP contribution is 2.37. The Morgan fingerprint density at radius 1 is 1.06 bits per heavy atom. The summed E-state index contributed by atoms with van der Waals surface area (Å²) < 4.78 is 64.7. The van der Waals surface area contributed by atoms with E-state index >= 15 is 0 Å². The van der Waals surface area contributed by atoms with Crippen LogP contribution < -0.4 is 14.2 Å². The Morgan fingerprint density at radius 2 is 1.71 bits per heavy atom. The fraction of sp³-hybridized carbons (Fsp3) is 0.182. The number of aromatic nitrogens is 3. The maximum atomic E-state index is 13.2. The summed E-state index contributed by atoms with van der Waals surface area (Å²) >= 11 is 6.42. The number of ether oxygens (including phenoxy) is 2. The standard InChI is InChI=1S/C22H19ClF2N4O4S/c1-32-20-14(10-17(24)25)21(33-2)28-22(27-20)29-34(30,31)16-11-26-19-13(16)8-9-15(23)18(19)12-6-4-3-5-7-12/h3-9,11,17,26H,10H2,1-2H3,(H,27,28,29). The van der Waals surface area contributed by atoms with E-state index in [1.54, 1.807) is 12.1 Å². The van der Waals surface area contributed by atoms with E-state index in [2.05, 4.69) is 19.7 Å². The van der Waals surface area contributed by atoms with Crippen LogP contribution in [0, 0.1) is 0 Å². The topological polar surface area (TPSA) is 106 Å². The van der Waals surface area contributed by atoms with Gasteiger partial charge in [-0.3, -0.25) is 0 Å². The normalized spacial score (nSPS) is 11.7. The maximum absolute atomic E-state index is 13.2. The molecule has 178 valence electrons. The van der Waals surface area contributed by atoms with Crippen molar-refractivity contribution in [1.82, 2.24) is 15.0 Å². The molecule has 2 aromatic heterocycles. The van der Waals surface area contributed by atoms with Crippen LogP contribution in [0.3, 0.4) is 0 Å². The van der Waals surface area contributed by atoms with Gasteiger partial charge in [-0.1, -0.05) is 41.9 Å². The number of halogens is 3. The van der Waals surface area contributed by atoms with Gasteiger partial charge in [0.25, 0.3) is 10.0 Å². The zero-order chi connectivity index (χ0) is 24.5. The number of methoxy groups -OCH3 is 2. The first-order valence-electron chi connectivity index (χ1n) is 9.90. The van der Waals surface area contributed by atoms with E-state index < -0.39 is 28.8 Å². The van der Waals surface area contributed by atoms with Crippen molar-refractivity contribution < 1.29 is 26.7 Å². The predicted octanol–water partition coefficient (Wildman–Crippen LogP) is 4.90. The highest BCUT2D eigenvalue weighted by Gasteiger charge is 2.25. The number of alkyl halides is 2. The summed E-state index contributed by atoms with van der Waals surface area (Å²) in [5.41, 5.74) is 1.92. The van der Waals surface area contributed by atoms with E-state index in [0.29, 0.717) is 21.5 Å². The summed E-state index contributed by atoms with van der Waals surface area (Å²) in [5.74, 6) is -0.831. The second-order valence-electron chi connectivity index (χ2n) is 7.11. The minimum Gasteiger partial charge on any atom is -0.481 e. The van der Waals surface area contributed by atoms with Crippen molar-refractivity contribution in [2.75, 3.05) is 18.9 Å². The molecule has 0 radical (unpaired) electrons. The van der Waals surface area contributed by atoms with Gasteiger partial charge >= 0.3 is 0 Å². The van der Waals surface area contributed by atoms with Crippen molar-refractivity contribution in [2.45, 2.75) is 17.7 Å². The summed E-state index contributed by atoms with van der Waals surface area (Å²) in [6.45, 7) is 0. The summed E-state index contributed by atoms with van der Waals surface area (Å²) in [6.07, 6.45) is -2.09. The van der Waals surface area contributed by atoms with Crippen LogP contribution in [0.4, 0.5) is 14.7 Å². The number of hydrogen-bond donors (Lipinski definition) is 2. The van der Waals surface area contributed by atoms with Crippen molar-refractivity contribution >= 4 is 38.5 Å². The van der Waals surface area contributed by atoms with E-state index in [-0.39, 0.29) is 22.2 Å². The molecule has 2 heterocycles. The quantitative estimate of drug-likeness (QED) is 0.350. The van der Waals surface area contributed by atoms with Gasteiger partial charge in [0, 0.05) is 23.6 Å². The monoisotopic (exact) mass is 508 g/mol. The number of benzene rings is 2. The van der Waals surface area contributed by atoms with E-state index in [0.717, 1.165) is 5.56 Å². The molecule has 0 amide bonds. The summed E-state index contributed by atoms with van der Waals surface area (Å²) in [5, 5.41) is 0.842. The number of nitrogens with one attached hydrogen (secondary N) is 2. The number of rotatable bonds is 8. The largest absolute Gasteiger partial charge is 0.481 e. The van der Waals surface area contributed by atoms with Crippen LogP contribution in [0.2, 0.25) is 5.02 Å². The highest BCUT2D eigenvalue weighted by atomic mass is 35.5. The van der Waals surface area contributed by atoms with Gasteiger partial charge in [-0.15, -0.1) is 0 Å². The molecule has 0 unspecified atom stereocenters. The number of aromatic amines is 1. The number of H-pyrrole nitrogens is 1. The predicted molar refractivity (Wildman–Crippen MR) is 124 cm³/mol. The molecule has 0 atom stereocenters. The van der Waals surface area contributed by atoms with Gasteiger partial charge < -0.3 is 14.5 Å². The van der Waals surface area contributed by atoms with Crippen LogP contribution >= 0.6 is 11.6 Å². The highest BCUT2D eigenvalue weighted by molar-refractivity contribution is 7.93. The first-order valence-corrected chi connectivity index (χ1v) is 11.8. The maximum Gasteiger partial charge on any atom is 0.266 e. The van der Waals surface area contributed by atoms with E-state index in [9.17, 15) is 17.2 Å². The molecule has 0 fully saturated rings. The van der Waals surface area contributed by atoms with E-state index in [1.165, 1.54) is 20.4 Å². The van der Waals surface area contributed by atoms with Gasteiger partial charge in [0.05, 0.1) is 30.3 Å². The van der Waals surface area contributed by atoms with Crippen molar-refractivity contribution in [1.29, 1.82) is 0 Å². The molecule has 4 aromatic rings. The minimum atomic E-state index is -4.20. The van der Waals surface area contributed by atoms with Gasteiger partial charge in [0.1, 0.15) is 4.90 Å². The molecule has 12 heteroatoms. The van der Waals surface area contributed by atoms with Crippen molar-refractivity contribution in [2.24, 2.45) is 0 Å². The molecule has 0 aliphatic heterocycles. The lowest BCUT2D eigenvalue weighted by atomic mass is 10.0.